The van der Waals surface area contributed by atoms with Crippen LogP contribution in [0.2, 0.25) is 0 Å². The topological polar surface area (TPSA) is 8.17 Å². The van der Waals surface area contributed by atoms with E-state index in [1.807, 2.05) is 0 Å². The quantitative estimate of drug-likeness (QED) is 0.182. The number of fused-ring (bicyclic) bond motifs is 4. The number of hydrogen-bond acceptors (Lipinski definition) is 1. The molecular weight excluding hydrogens is 605 g/mol. The number of allylic oxidation sites excluding steroid dienone is 4. The van der Waals surface area contributed by atoms with Crippen molar-refractivity contribution < 1.29 is 0 Å². The van der Waals surface area contributed by atoms with Crippen LogP contribution in [0.5, 0.6) is 0 Å². The van der Waals surface area contributed by atoms with Crippen molar-refractivity contribution in [2.75, 3.05) is 4.90 Å². The fraction of sp³-hybridized carbons (Fsp3) is 0. The molecule has 0 fully saturated rings. The van der Waals surface area contributed by atoms with Gasteiger partial charge in [-0.15, -0.1) is 0 Å². The Bertz CT molecular complexity index is 2590. The summed E-state index contributed by atoms with van der Waals surface area (Å²) in [6.07, 6.45) is 6.62. The van der Waals surface area contributed by atoms with Crippen molar-refractivity contribution in [2.45, 2.75) is 0 Å². The summed E-state index contributed by atoms with van der Waals surface area (Å²) in [6, 6.07) is 62.9. The van der Waals surface area contributed by atoms with Crippen LogP contribution in [-0.2, 0) is 0 Å². The zero-order valence-electron chi connectivity index (χ0n) is 27.6. The van der Waals surface area contributed by atoms with Gasteiger partial charge < -0.3 is 9.47 Å². The molecule has 9 rings (SSSR count). The highest BCUT2D eigenvalue weighted by Crippen LogP contribution is 2.40. The van der Waals surface area contributed by atoms with Gasteiger partial charge in [-0.1, -0.05) is 146 Å². The highest BCUT2D eigenvalue weighted by Gasteiger charge is 2.18. The second kappa shape index (κ2) is 12.4. The van der Waals surface area contributed by atoms with E-state index >= 15 is 0 Å². The number of rotatable bonds is 5. The molecule has 1 aliphatic rings. The molecule has 0 amide bonds. The number of hydrogen-bond donors (Lipinski definition) is 0. The predicted octanol–water partition coefficient (Wildman–Crippen LogP) is 12.9. The summed E-state index contributed by atoms with van der Waals surface area (Å²) in [5.74, 6) is 0. The number of nitrogens with zero attached hydrogens (tertiary/aromatic N) is 2. The lowest BCUT2D eigenvalue weighted by Crippen LogP contribution is -2.12. The molecule has 0 spiro atoms. The third kappa shape index (κ3) is 5.24. The first kappa shape index (κ1) is 29.5. The van der Waals surface area contributed by atoms with Gasteiger partial charge in [-0.2, -0.15) is 0 Å². The molecule has 2 heterocycles. The number of anilines is 2. The summed E-state index contributed by atoms with van der Waals surface area (Å²) >= 11 is 0. The van der Waals surface area contributed by atoms with Gasteiger partial charge in [0.1, 0.15) is 0 Å². The Morgan fingerprint density at radius 1 is 0.400 bits per heavy atom. The lowest BCUT2D eigenvalue weighted by Gasteiger charge is -2.27. The maximum atomic E-state index is 4.49. The fourth-order valence-corrected chi connectivity index (χ4v) is 7.20. The van der Waals surface area contributed by atoms with Crippen molar-refractivity contribution in [2.24, 2.45) is 0 Å². The Hall–Kier alpha value is -6.64. The molecule has 1 aromatic heterocycles. The molecule has 0 N–H and O–H groups in total. The van der Waals surface area contributed by atoms with Crippen molar-refractivity contribution in [3.05, 3.63) is 212 Å². The average Bonchev–Trinajstić information content (AvgIpc) is 3.52. The lowest BCUT2D eigenvalue weighted by atomic mass is 9.97. The first-order valence-electron chi connectivity index (χ1n) is 17.0. The van der Waals surface area contributed by atoms with Crippen LogP contribution in [0.4, 0.5) is 11.4 Å². The molecule has 0 saturated carbocycles. The Morgan fingerprint density at radius 3 is 1.82 bits per heavy atom. The van der Waals surface area contributed by atoms with Crippen LogP contribution in [-0.4, -0.2) is 4.57 Å². The van der Waals surface area contributed by atoms with Crippen molar-refractivity contribution in [1.29, 1.82) is 0 Å². The predicted molar refractivity (Wildman–Crippen MR) is 213 cm³/mol. The molecule has 236 valence electrons. The van der Waals surface area contributed by atoms with Gasteiger partial charge in [-0.05, 0) is 87.5 Å². The van der Waals surface area contributed by atoms with E-state index in [2.05, 4.69) is 210 Å². The van der Waals surface area contributed by atoms with Crippen LogP contribution >= 0.6 is 0 Å². The van der Waals surface area contributed by atoms with Gasteiger partial charge >= 0.3 is 0 Å². The molecule has 1 aliphatic heterocycles. The summed E-state index contributed by atoms with van der Waals surface area (Å²) in [5, 5.41) is 2.45. The van der Waals surface area contributed by atoms with E-state index in [1.54, 1.807) is 0 Å². The molecule has 2 nitrogen and oxygen atoms in total. The second-order valence-corrected chi connectivity index (χ2v) is 12.7. The van der Waals surface area contributed by atoms with E-state index in [1.165, 1.54) is 44.1 Å². The monoisotopic (exact) mass is 638 g/mol. The average molecular weight is 639 g/mol. The van der Waals surface area contributed by atoms with Crippen molar-refractivity contribution >= 4 is 44.3 Å². The Labute approximate surface area is 292 Å². The first-order chi connectivity index (χ1) is 24.7. The maximum absolute atomic E-state index is 4.49. The molecule has 0 aliphatic carbocycles. The molecule has 0 saturated heterocycles. The molecular formula is C48H34N2. The van der Waals surface area contributed by atoms with Crippen LogP contribution in [0.1, 0.15) is 11.1 Å². The zero-order valence-corrected chi connectivity index (χ0v) is 27.6. The van der Waals surface area contributed by atoms with Crippen LogP contribution in [0, 0.1) is 0 Å². The molecule has 8 aromatic rings. The van der Waals surface area contributed by atoms with E-state index in [0.717, 1.165) is 39.3 Å². The SMILES string of the molecule is C=C1/C=C\C(c2ccc3c(c2)c2ccccc2n3-c2ccc(-c3ccccc3)cc2)=C/N(c2cccc(-c3ccccc3)c2)c2ccccc21. The highest BCUT2D eigenvalue weighted by atomic mass is 15.1. The smallest absolute Gasteiger partial charge is 0.0541 e. The van der Waals surface area contributed by atoms with E-state index in [4.69, 9.17) is 0 Å². The summed E-state index contributed by atoms with van der Waals surface area (Å²) in [6.45, 7) is 4.49. The minimum Gasteiger partial charge on any atom is -0.316 e. The molecule has 50 heavy (non-hydrogen) atoms. The lowest BCUT2D eigenvalue weighted by molar-refractivity contribution is 1.18. The highest BCUT2D eigenvalue weighted by molar-refractivity contribution is 6.10. The molecule has 0 unspecified atom stereocenters. The van der Waals surface area contributed by atoms with Crippen LogP contribution < -0.4 is 4.90 Å². The van der Waals surface area contributed by atoms with Gasteiger partial charge in [0.25, 0.3) is 0 Å². The minimum absolute atomic E-state index is 0.979. The molecule has 7 aromatic carbocycles. The Kier molecular flexibility index (Phi) is 7.33. The number of aromatic nitrogens is 1. The molecule has 2 heteroatoms. The summed E-state index contributed by atoms with van der Waals surface area (Å²) in [4.78, 5) is 2.31. The van der Waals surface area contributed by atoms with Gasteiger partial charge in [0.2, 0.25) is 0 Å². The zero-order chi connectivity index (χ0) is 33.4. The summed E-state index contributed by atoms with van der Waals surface area (Å²) < 4.78 is 2.38. The van der Waals surface area contributed by atoms with Crippen LogP contribution in [0.25, 0.3) is 60.9 Å². The van der Waals surface area contributed by atoms with E-state index in [0.29, 0.717) is 0 Å². The second-order valence-electron chi connectivity index (χ2n) is 12.7. The normalized spacial score (nSPS) is 14.5. The largest absolute Gasteiger partial charge is 0.316 e. The third-order valence-electron chi connectivity index (χ3n) is 9.71. The standard InChI is InChI=1S/C48H34N2/c1-34-23-24-40(33-49(46-21-10-8-19-43(34)46)42-18-12-17-38(31-42)36-15-6-3-7-16-36)39-27-30-48-45(32-39)44-20-9-11-22-47(44)50(48)41-28-25-37(26-29-41)35-13-4-2-5-14-35/h2-33H,1H2/b24-23-,40-33+. The fourth-order valence-electron chi connectivity index (χ4n) is 7.20. The van der Waals surface area contributed by atoms with Crippen molar-refractivity contribution in [1.82, 2.24) is 4.57 Å². The Morgan fingerprint density at radius 2 is 1.02 bits per heavy atom. The van der Waals surface area contributed by atoms with E-state index in [-0.39, 0.29) is 0 Å². The summed E-state index contributed by atoms with van der Waals surface area (Å²) in [5.41, 5.74) is 14.9. The van der Waals surface area contributed by atoms with Crippen LogP contribution in [0.15, 0.2) is 201 Å². The summed E-state index contributed by atoms with van der Waals surface area (Å²) in [7, 11) is 0. The van der Waals surface area contributed by atoms with Gasteiger partial charge in [0.15, 0.2) is 0 Å². The number of benzene rings is 7. The number of para-hydroxylation sites is 2. The maximum Gasteiger partial charge on any atom is 0.0541 e. The Balaban J connectivity index is 1.19. The molecule has 0 atom stereocenters. The minimum atomic E-state index is 0.979. The van der Waals surface area contributed by atoms with Crippen molar-refractivity contribution in [3.63, 3.8) is 0 Å². The first-order valence-corrected chi connectivity index (χ1v) is 17.0. The van der Waals surface area contributed by atoms with Gasteiger partial charge in [-0.25, -0.2) is 0 Å². The van der Waals surface area contributed by atoms with Gasteiger partial charge in [0.05, 0.1) is 16.7 Å². The van der Waals surface area contributed by atoms with Gasteiger partial charge in [-0.3, -0.25) is 0 Å². The van der Waals surface area contributed by atoms with Crippen LogP contribution in [0.3, 0.4) is 0 Å². The van der Waals surface area contributed by atoms with E-state index < -0.39 is 0 Å². The van der Waals surface area contributed by atoms with Crippen molar-refractivity contribution in [3.8, 4) is 27.9 Å². The molecule has 0 bridgehead atoms. The molecule has 0 radical (unpaired) electrons. The van der Waals surface area contributed by atoms with E-state index in [9.17, 15) is 0 Å². The third-order valence-corrected chi connectivity index (χ3v) is 9.71. The van der Waals surface area contributed by atoms with Gasteiger partial charge in [0, 0.05) is 33.9 Å².